The smallest absolute Gasteiger partial charge is 0.302 e. The maximum absolute atomic E-state index is 12.0. The third kappa shape index (κ3) is 2.93. The number of fused-ring (bicyclic) bond motifs is 4. The first kappa shape index (κ1) is 25.4. The highest BCUT2D eigenvalue weighted by Gasteiger charge is 2.74. The topological polar surface area (TPSA) is 44.8 Å². The summed E-state index contributed by atoms with van der Waals surface area (Å²) in [6, 6.07) is 0. The maximum atomic E-state index is 12.0. The van der Waals surface area contributed by atoms with Crippen LogP contribution in [0.2, 0.25) is 0 Å². The van der Waals surface area contributed by atoms with E-state index in [1.165, 1.54) is 39.0 Å². The van der Waals surface area contributed by atoms with Gasteiger partial charge in [-0.1, -0.05) is 67.0 Å². The number of carbonyl (C=O) groups excluding carboxylic acids is 1. The number of rotatable bonds is 1. The quantitative estimate of drug-likeness (QED) is 0.213. The molecule has 0 spiro atoms. The van der Waals surface area contributed by atoms with E-state index in [2.05, 4.69) is 61.5 Å². The fraction of sp³-hybridized carbons (Fsp3) is 0.906. The second-order valence-electron chi connectivity index (χ2n) is 15.6. The van der Waals surface area contributed by atoms with Crippen LogP contribution in [0.25, 0.3) is 0 Å². The van der Waals surface area contributed by atoms with Crippen LogP contribution in [0.1, 0.15) is 107 Å². The van der Waals surface area contributed by atoms with E-state index in [9.17, 15) is 4.79 Å². The van der Waals surface area contributed by atoms with E-state index < -0.39 is 0 Å². The summed E-state index contributed by atoms with van der Waals surface area (Å²) < 4.78 is 5.92. The van der Waals surface area contributed by atoms with Crippen LogP contribution in [0.3, 0.4) is 0 Å². The number of esters is 1. The molecule has 12 atom stereocenters. The van der Waals surface area contributed by atoms with E-state index in [0.717, 1.165) is 18.8 Å². The van der Waals surface area contributed by atoms with Gasteiger partial charge in [0.25, 0.3) is 0 Å². The van der Waals surface area contributed by atoms with Crippen molar-refractivity contribution >= 4 is 5.97 Å². The minimum absolute atomic E-state index is 0.00662. The lowest BCUT2D eigenvalue weighted by Crippen LogP contribution is -2.73. The molecule has 5 unspecified atom stereocenters. The van der Waals surface area contributed by atoms with Gasteiger partial charge in [0.1, 0.15) is 18.3 Å². The van der Waals surface area contributed by atoms with Gasteiger partial charge in [0.05, 0.1) is 0 Å². The molecule has 5 fully saturated rings. The number of carbonyl (C=O) groups is 1. The Morgan fingerprint density at radius 1 is 0.972 bits per heavy atom. The first-order valence-electron chi connectivity index (χ1n) is 14.9. The zero-order valence-electron chi connectivity index (χ0n) is 24.3. The van der Waals surface area contributed by atoms with Crippen molar-refractivity contribution in [3.05, 3.63) is 11.6 Å². The zero-order chi connectivity index (χ0) is 26.1. The number of ether oxygens (including phenoxy) is 1. The molecular weight excluding hydrogens is 448 g/mol. The minimum atomic E-state index is -0.189. The summed E-state index contributed by atoms with van der Waals surface area (Å²) >= 11 is 0. The van der Waals surface area contributed by atoms with E-state index in [0.29, 0.717) is 29.1 Å². The predicted molar refractivity (Wildman–Crippen MR) is 141 cm³/mol. The minimum Gasteiger partial charge on any atom is -0.462 e. The molecule has 0 bridgehead atoms. The molecule has 4 heteroatoms. The van der Waals surface area contributed by atoms with Crippen LogP contribution >= 0.6 is 0 Å². The molecule has 0 aromatic heterocycles. The summed E-state index contributed by atoms with van der Waals surface area (Å²) in [5.41, 5.74) is 2.38. The standard InChI is InChI=1S/C32H50O4/c1-18-10-12-29(6)14-15-30(7)21(26(29)19(18)2)16-22-27-31(30,8)13-11-23-28(4,5)24(34-20(3)33)17-25(36-35-22)32(23,27)9/h16,18-19,22-27H,10-15,17H2,1-9H3/t18-,19+,22?,23?,24+,25?,26?,27?,29-,30-,31-,32-/m1/s1. The number of hydrogen-bond acceptors (Lipinski definition) is 4. The van der Waals surface area contributed by atoms with Crippen molar-refractivity contribution in [2.75, 3.05) is 0 Å². The van der Waals surface area contributed by atoms with Gasteiger partial charge in [-0.25, -0.2) is 9.78 Å². The first-order chi connectivity index (χ1) is 16.7. The Morgan fingerprint density at radius 3 is 2.39 bits per heavy atom. The number of allylic oxidation sites excluding steroid dienone is 1. The maximum Gasteiger partial charge on any atom is 0.302 e. The van der Waals surface area contributed by atoms with Crippen molar-refractivity contribution < 1.29 is 19.3 Å². The van der Waals surface area contributed by atoms with Crippen LogP contribution < -0.4 is 0 Å². The van der Waals surface area contributed by atoms with Crippen LogP contribution in [0, 0.1) is 56.7 Å². The van der Waals surface area contributed by atoms with Gasteiger partial charge in [0, 0.05) is 30.1 Å². The predicted octanol–water partition coefficient (Wildman–Crippen LogP) is 7.51. The second kappa shape index (κ2) is 7.62. The summed E-state index contributed by atoms with van der Waals surface area (Å²) in [6.07, 6.45) is 10.9. The van der Waals surface area contributed by atoms with E-state index in [4.69, 9.17) is 14.5 Å². The van der Waals surface area contributed by atoms with Crippen LogP contribution in [0.5, 0.6) is 0 Å². The molecule has 0 aromatic rings. The Bertz CT molecular complexity index is 985. The fourth-order valence-corrected chi connectivity index (χ4v) is 11.6. The molecule has 202 valence electrons. The monoisotopic (exact) mass is 498 g/mol. The van der Waals surface area contributed by atoms with Crippen LogP contribution in [0.15, 0.2) is 11.6 Å². The number of hydrogen-bond donors (Lipinski definition) is 0. The van der Waals surface area contributed by atoms with Crippen LogP contribution in [-0.4, -0.2) is 24.3 Å². The van der Waals surface area contributed by atoms with Gasteiger partial charge in [-0.3, -0.25) is 4.79 Å². The van der Waals surface area contributed by atoms with Crippen molar-refractivity contribution in [3.8, 4) is 0 Å². The fourth-order valence-electron chi connectivity index (χ4n) is 11.6. The van der Waals surface area contributed by atoms with E-state index in [1.807, 2.05) is 0 Å². The molecule has 4 nitrogen and oxygen atoms in total. The zero-order valence-corrected chi connectivity index (χ0v) is 24.3. The molecule has 1 saturated heterocycles. The van der Waals surface area contributed by atoms with Gasteiger partial charge in [-0.2, -0.15) is 0 Å². The molecule has 4 saturated carbocycles. The van der Waals surface area contributed by atoms with Crippen molar-refractivity contribution in [1.82, 2.24) is 0 Å². The van der Waals surface area contributed by atoms with E-state index in [-0.39, 0.29) is 45.9 Å². The van der Waals surface area contributed by atoms with Crippen LogP contribution in [-0.2, 0) is 19.3 Å². The third-order valence-corrected chi connectivity index (χ3v) is 13.9. The molecular formula is C32H50O4. The highest BCUT2D eigenvalue weighted by molar-refractivity contribution is 5.66. The largest absolute Gasteiger partial charge is 0.462 e. The molecule has 5 aliphatic carbocycles. The van der Waals surface area contributed by atoms with E-state index in [1.54, 1.807) is 5.57 Å². The molecule has 0 radical (unpaired) electrons. The summed E-state index contributed by atoms with van der Waals surface area (Å²) in [5.74, 6) is 2.77. The van der Waals surface area contributed by atoms with Gasteiger partial charge in [-0.15, -0.1) is 0 Å². The Labute approximate surface area is 219 Å². The molecule has 1 heterocycles. The molecule has 6 aliphatic rings. The third-order valence-electron chi connectivity index (χ3n) is 13.9. The normalized spacial score (nSPS) is 57.0. The molecule has 0 N–H and O–H groups in total. The SMILES string of the molecule is CC(=O)O[C@H]1CC2OOC3C=C4C5[C@@H](C)[C@H](C)CC[C@]5(C)CC[C@@]4(C)[C@]4(C)CCC(C1(C)C)[C@@]2(C)C34. The highest BCUT2D eigenvalue weighted by atomic mass is 17.2. The second-order valence-corrected chi connectivity index (χ2v) is 15.6. The van der Waals surface area contributed by atoms with E-state index >= 15 is 0 Å². The van der Waals surface area contributed by atoms with Crippen molar-refractivity contribution in [2.45, 2.75) is 126 Å². The van der Waals surface area contributed by atoms with Gasteiger partial charge in [-0.05, 0) is 78.4 Å². The van der Waals surface area contributed by atoms with Gasteiger partial charge >= 0.3 is 5.97 Å². The Hall–Kier alpha value is -0.870. The molecule has 1 aliphatic heterocycles. The first-order valence-corrected chi connectivity index (χ1v) is 14.9. The van der Waals surface area contributed by atoms with Crippen molar-refractivity contribution in [1.29, 1.82) is 0 Å². The molecule has 36 heavy (non-hydrogen) atoms. The summed E-state index contributed by atoms with van der Waals surface area (Å²) in [5, 5.41) is 0. The molecule has 6 rings (SSSR count). The lowest BCUT2D eigenvalue weighted by Gasteiger charge is -2.74. The lowest BCUT2D eigenvalue weighted by molar-refractivity contribution is -0.452. The van der Waals surface area contributed by atoms with Gasteiger partial charge in [0.15, 0.2) is 0 Å². The van der Waals surface area contributed by atoms with Crippen molar-refractivity contribution in [3.63, 3.8) is 0 Å². The lowest BCUT2D eigenvalue weighted by atomic mass is 9.32. The van der Waals surface area contributed by atoms with Gasteiger partial charge < -0.3 is 4.74 Å². The molecule has 0 amide bonds. The van der Waals surface area contributed by atoms with Crippen molar-refractivity contribution in [2.24, 2.45) is 56.7 Å². The summed E-state index contributed by atoms with van der Waals surface area (Å²) in [4.78, 5) is 24.8. The average Bonchev–Trinajstić information content (AvgIpc) is 2.78. The Morgan fingerprint density at radius 2 is 1.69 bits per heavy atom. The summed E-state index contributed by atoms with van der Waals surface area (Å²) in [7, 11) is 0. The molecule has 0 aromatic carbocycles. The van der Waals surface area contributed by atoms with Crippen LogP contribution in [0.4, 0.5) is 0 Å². The van der Waals surface area contributed by atoms with Gasteiger partial charge in [0.2, 0.25) is 0 Å². The average molecular weight is 499 g/mol. The Kier molecular flexibility index (Phi) is 5.38. The summed E-state index contributed by atoms with van der Waals surface area (Å²) in [6.45, 7) is 21.6. The highest BCUT2D eigenvalue weighted by Crippen LogP contribution is 2.77. The Balaban J connectivity index is 1.47.